The Morgan fingerprint density at radius 1 is 1.14 bits per heavy atom. The van der Waals surface area contributed by atoms with E-state index in [4.69, 9.17) is 15.0 Å². The molecular formula is C16H27N3O2. The first-order valence-electron chi connectivity index (χ1n) is 8.32. The lowest BCUT2D eigenvalue weighted by Gasteiger charge is -2.29. The zero-order valence-electron chi connectivity index (χ0n) is 13.1. The molecule has 2 aliphatic rings. The van der Waals surface area contributed by atoms with Gasteiger partial charge in [0, 0.05) is 18.6 Å². The minimum Gasteiger partial charge on any atom is -0.381 e. The lowest BCUT2D eigenvalue weighted by atomic mass is 9.77. The highest BCUT2D eigenvalue weighted by Gasteiger charge is 2.32. The van der Waals surface area contributed by atoms with E-state index in [1.165, 1.54) is 25.7 Å². The molecule has 3 rings (SSSR count). The molecule has 5 nitrogen and oxygen atoms in total. The van der Waals surface area contributed by atoms with E-state index in [-0.39, 0.29) is 12.0 Å². The topological polar surface area (TPSA) is 74.2 Å². The Kier molecular flexibility index (Phi) is 4.60. The monoisotopic (exact) mass is 293 g/mol. The summed E-state index contributed by atoms with van der Waals surface area (Å²) < 4.78 is 11.0. The molecule has 21 heavy (non-hydrogen) atoms. The molecule has 0 spiro atoms. The average molecular weight is 293 g/mol. The predicted molar refractivity (Wildman–Crippen MR) is 80.0 cm³/mol. The number of ether oxygens (including phenoxy) is 1. The first-order valence-corrected chi connectivity index (χ1v) is 8.32. The second-order valence-corrected chi connectivity index (χ2v) is 6.98. The summed E-state index contributed by atoms with van der Waals surface area (Å²) in [5.41, 5.74) is 6.14. The van der Waals surface area contributed by atoms with Crippen molar-refractivity contribution in [2.75, 3.05) is 13.2 Å². The molecule has 118 valence electrons. The lowest BCUT2D eigenvalue weighted by molar-refractivity contribution is 0.0590. The van der Waals surface area contributed by atoms with E-state index in [9.17, 15) is 0 Å². The highest BCUT2D eigenvalue weighted by molar-refractivity contribution is 5.04. The van der Waals surface area contributed by atoms with Crippen molar-refractivity contribution in [3.05, 3.63) is 11.7 Å². The van der Waals surface area contributed by atoms with E-state index in [1.54, 1.807) is 0 Å². The predicted octanol–water partition coefficient (Wildman–Crippen LogP) is 2.83. The third kappa shape index (κ3) is 3.29. The molecule has 2 unspecified atom stereocenters. The summed E-state index contributed by atoms with van der Waals surface area (Å²) in [5.74, 6) is 3.70. The third-order valence-electron chi connectivity index (χ3n) is 5.26. The Balaban J connectivity index is 1.63. The van der Waals surface area contributed by atoms with Crippen LogP contribution < -0.4 is 5.73 Å². The van der Waals surface area contributed by atoms with E-state index in [1.807, 2.05) is 0 Å². The van der Waals surface area contributed by atoms with Gasteiger partial charge in [0.15, 0.2) is 5.82 Å². The average Bonchev–Trinajstić information content (AvgIpc) is 2.97. The molecule has 0 radical (unpaired) electrons. The van der Waals surface area contributed by atoms with E-state index < -0.39 is 0 Å². The van der Waals surface area contributed by atoms with Crippen molar-refractivity contribution >= 4 is 0 Å². The van der Waals surface area contributed by atoms with Gasteiger partial charge in [0.25, 0.3) is 0 Å². The Bertz CT molecular complexity index is 452. The molecular weight excluding hydrogens is 266 g/mol. The zero-order valence-corrected chi connectivity index (χ0v) is 13.1. The Morgan fingerprint density at radius 2 is 1.90 bits per heavy atom. The minimum absolute atomic E-state index is 0.0620. The van der Waals surface area contributed by atoms with Gasteiger partial charge in [0.2, 0.25) is 5.89 Å². The Hall–Kier alpha value is -0.940. The second-order valence-electron chi connectivity index (χ2n) is 6.98. The van der Waals surface area contributed by atoms with Crippen LogP contribution in [0.4, 0.5) is 0 Å². The summed E-state index contributed by atoms with van der Waals surface area (Å²) in [5, 5.41) is 4.22. The van der Waals surface area contributed by atoms with Crippen molar-refractivity contribution in [3.63, 3.8) is 0 Å². The summed E-state index contributed by atoms with van der Waals surface area (Å²) in [7, 11) is 0. The van der Waals surface area contributed by atoms with Crippen molar-refractivity contribution in [2.45, 2.75) is 63.8 Å². The van der Waals surface area contributed by atoms with Gasteiger partial charge in [0.05, 0.1) is 12.5 Å². The fourth-order valence-corrected chi connectivity index (χ4v) is 3.62. The maximum absolute atomic E-state index is 6.14. The van der Waals surface area contributed by atoms with E-state index in [0.29, 0.717) is 18.4 Å². The molecule has 1 aliphatic carbocycles. The summed E-state index contributed by atoms with van der Waals surface area (Å²) in [4.78, 5) is 4.64. The molecule has 1 aromatic heterocycles. The molecule has 1 aromatic rings. The van der Waals surface area contributed by atoms with Gasteiger partial charge in [-0.3, -0.25) is 0 Å². The number of nitrogens with zero attached hydrogens (tertiary/aromatic N) is 2. The maximum atomic E-state index is 6.14. The van der Waals surface area contributed by atoms with Crippen molar-refractivity contribution in [1.29, 1.82) is 0 Å². The summed E-state index contributed by atoms with van der Waals surface area (Å²) in [6.45, 7) is 5.98. The van der Waals surface area contributed by atoms with Crippen LogP contribution in [0.2, 0.25) is 0 Å². The van der Waals surface area contributed by atoms with Crippen molar-refractivity contribution in [3.8, 4) is 0 Å². The van der Waals surface area contributed by atoms with Gasteiger partial charge in [-0.05, 0) is 43.9 Å². The SMILES string of the molecule is CC(C)C1CCC(c2noc(C3COCCC3N)n2)CC1. The molecule has 1 saturated carbocycles. The van der Waals surface area contributed by atoms with Crippen LogP contribution in [-0.2, 0) is 4.74 Å². The number of hydrogen-bond acceptors (Lipinski definition) is 5. The molecule has 2 atom stereocenters. The number of rotatable bonds is 3. The van der Waals surface area contributed by atoms with Crippen LogP contribution in [-0.4, -0.2) is 29.4 Å². The fourth-order valence-electron chi connectivity index (χ4n) is 3.62. The van der Waals surface area contributed by atoms with Gasteiger partial charge in [0.1, 0.15) is 0 Å². The normalized spacial score (nSPS) is 34.3. The molecule has 0 bridgehead atoms. The fraction of sp³-hybridized carbons (Fsp3) is 0.875. The Morgan fingerprint density at radius 3 is 2.57 bits per heavy atom. The van der Waals surface area contributed by atoms with Crippen LogP contribution in [0.5, 0.6) is 0 Å². The van der Waals surface area contributed by atoms with E-state index in [0.717, 1.165) is 30.7 Å². The quantitative estimate of drug-likeness (QED) is 0.927. The highest BCUT2D eigenvalue weighted by Crippen LogP contribution is 2.38. The molecule has 5 heteroatoms. The van der Waals surface area contributed by atoms with Gasteiger partial charge in [-0.1, -0.05) is 19.0 Å². The van der Waals surface area contributed by atoms with Gasteiger partial charge in [-0.15, -0.1) is 0 Å². The van der Waals surface area contributed by atoms with Crippen LogP contribution in [0.1, 0.15) is 69.5 Å². The van der Waals surface area contributed by atoms with Gasteiger partial charge in [-0.2, -0.15) is 4.98 Å². The first-order chi connectivity index (χ1) is 10.1. The standard InChI is InChI=1S/C16H27N3O2/c1-10(2)11-3-5-12(6-4-11)15-18-16(21-19-15)13-9-20-8-7-14(13)17/h10-14H,3-9,17H2,1-2H3. The molecule has 1 saturated heterocycles. The molecule has 2 fully saturated rings. The highest BCUT2D eigenvalue weighted by atomic mass is 16.5. The van der Waals surface area contributed by atoms with E-state index >= 15 is 0 Å². The first kappa shape index (κ1) is 15.0. The lowest BCUT2D eigenvalue weighted by Crippen LogP contribution is -2.37. The third-order valence-corrected chi connectivity index (χ3v) is 5.26. The molecule has 0 amide bonds. The second kappa shape index (κ2) is 6.44. The maximum Gasteiger partial charge on any atom is 0.233 e. The Labute approximate surface area is 126 Å². The van der Waals surface area contributed by atoms with Crippen molar-refractivity contribution in [1.82, 2.24) is 10.1 Å². The molecule has 2 N–H and O–H groups in total. The zero-order chi connectivity index (χ0) is 14.8. The van der Waals surface area contributed by atoms with Crippen molar-refractivity contribution in [2.24, 2.45) is 17.6 Å². The van der Waals surface area contributed by atoms with Crippen LogP contribution >= 0.6 is 0 Å². The number of nitrogens with two attached hydrogens (primary N) is 1. The van der Waals surface area contributed by atoms with Crippen molar-refractivity contribution < 1.29 is 9.26 Å². The summed E-state index contributed by atoms with van der Waals surface area (Å²) >= 11 is 0. The van der Waals surface area contributed by atoms with Crippen LogP contribution in [0.15, 0.2) is 4.52 Å². The number of aromatic nitrogens is 2. The van der Waals surface area contributed by atoms with Crippen LogP contribution in [0.3, 0.4) is 0 Å². The van der Waals surface area contributed by atoms with E-state index in [2.05, 4.69) is 24.0 Å². The molecule has 0 aromatic carbocycles. The summed E-state index contributed by atoms with van der Waals surface area (Å²) in [6.07, 6.45) is 5.77. The largest absolute Gasteiger partial charge is 0.381 e. The summed E-state index contributed by atoms with van der Waals surface area (Å²) in [6, 6.07) is 0.0729. The van der Waals surface area contributed by atoms with Gasteiger partial charge >= 0.3 is 0 Å². The van der Waals surface area contributed by atoms with Crippen LogP contribution in [0.25, 0.3) is 0 Å². The smallest absolute Gasteiger partial charge is 0.233 e. The minimum atomic E-state index is 0.0620. The number of hydrogen-bond donors (Lipinski definition) is 1. The molecule has 1 aliphatic heterocycles. The van der Waals surface area contributed by atoms with Gasteiger partial charge in [-0.25, -0.2) is 0 Å². The van der Waals surface area contributed by atoms with Crippen LogP contribution in [0, 0.1) is 11.8 Å². The van der Waals surface area contributed by atoms with Gasteiger partial charge < -0.3 is 15.0 Å². The molecule has 2 heterocycles.